The molecule has 150 valence electrons. The zero-order valence-electron chi connectivity index (χ0n) is 16.7. The molecule has 2 saturated heterocycles. The van der Waals surface area contributed by atoms with Crippen LogP contribution in [-0.4, -0.2) is 64.3 Å². The summed E-state index contributed by atoms with van der Waals surface area (Å²) < 4.78 is 5.49. The average Bonchev–Trinajstić information content (AvgIpc) is 2.79. The summed E-state index contributed by atoms with van der Waals surface area (Å²) in [6.45, 7) is 7.18. The van der Waals surface area contributed by atoms with E-state index >= 15 is 0 Å². The first-order valence-electron chi connectivity index (χ1n) is 10.3. The molecule has 29 heavy (non-hydrogen) atoms. The molecule has 2 aliphatic heterocycles. The first-order valence-corrected chi connectivity index (χ1v) is 10.3. The van der Waals surface area contributed by atoms with Crippen LogP contribution in [-0.2, 0) is 4.74 Å². The number of aryl methyl sites for hydroxylation is 1. The van der Waals surface area contributed by atoms with Crippen LogP contribution < -0.4 is 9.80 Å². The minimum Gasteiger partial charge on any atom is -0.381 e. The summed E-state index contributed by atoms with van der Waals surface area (Å²) in [6.07, 6.45) is 7.40. The third-order valence-corrected chi connectivity index (χ3v) is 5.81. The monoisotopic (exact) mass is 391 g/mol. The highest BCUT2D eigenvalue weighted by molar-refractivity contribution is 5.88. The van der Waals surface area contributed by atoms with Gasteiger partial charge in [-0.3, -0.25) is 4.98 Å². The van der Waals surface area contributed by atoms with Crippen molar-refractivity contribution in [2.45, 2.75) is 25.7 Å². The fourth-order valence-electron chi connectivity index (χ4n) is 4.22. The molecule has 0 spiro atoms. The van der Waals surface area contributed by atoms with Crippen LogP contribution in [0.5, 0.6) is 0 Å². The maximum Gasteiger partial charge on any atom is 0.140 e. The Kier molecular flexibility index (Phi) is 4.93. The van der Waals surface area contributed by atoms with E-state index in [1.54, 1.807) is 12.5 Å². The largest absolute Gasteiger partial charge is 0.381 e. The van der Waals surface area contributed by atoms with E-state index in [4.69, 9.17) is 9.72 Å². The highest BCUT2D eigenvalue weighted by Gasteiger charge is 2.23. The molecule has 0 radical (unpaired) electrons. The minimum atomic E-state index is 0.482. The number of aromatic nitrogens is 5. The molecule has 8 heteroatoms. The summed E-state index contributed by atoms with van der Waals surface area (Å²) in [7, 11) is 0. The normalized spacial score (nSPS) is 18.4. The highest BCUT2D eigenvalue weighted by atomic mass is 16.5. The van der Waals surface area contributed by atoms with Crippen molar-refractivity contribution in [3.8, 4) is 0 Å². The van der Waals surface area contributed by atoms with Gasteiger partial charge in [0.05, 0.1) is 11.7 Å². The molecule has 5 rings (SSSR count). The molecule has 0 aromatic carbocycles. The Labute approximate surface area is 170 Å². The number of pyridine rings is 1. The SMILES string of the molecule is Cc1nc(N2CCN(c3cc(C4CCOCC4)ncn3)CC2)c2ccncc2n1. The van der Waals surface area contributed by atoms with Crippen LogP contribution in [0.15, 0.2) is 30.9 Å². The highest BCUT2D eigenvalue weighted by Crippen LogP contribution is 2.28. The van der Waals surface area contributed by atoms with Gasteiger partial charge in [-0.05, 0) is 25.8 Å². The topological polar surface area (TPSA) is 80.2 Å². The third-order valence-electron chi connectivity index (χ3n) is 5.81. The van der Waals surface area contributed by atoms with Crippen molar-refractivity contribution in [1.29, 1.82) is 0 Å². The van der Waals surface area contributed by atoms with Crippen molar-refractivity contribution < 1.29 is 4.74 Å². The van der Waals surface area contributed by atoms with Crippen LogP contribution in [0.2, 0.25) is 0 Å². The van der Waals surface area contributed by atoms with Gasteiger partial charge >= 0.3 is 0 Å². The Morgan fingerprint density at radius 3 is 2.62 bits per heavy atom. The van der Waals surface area contributed by atoms with Gasteiger partial charge in [0.15, 0.2) is 0 Å². The fraction of sp³-hybridized carbons (Fsp3) is 0.476. The summed E-state index contributed by atoms with van der Waals surface area (Å²) >= 11 is 0. The van der Waals surface area contributed by atoms with Crippen LogP contribution >= 0.6 is 0 Å². The quantitative estimate of drug-likeness (QED) is 0.673. The van der Waals surface area contributed by atoms with Crippen molar-refractivity contribution in [1.82, 2.24) is 24.9 Å². The Morgan fingerprint density at radius 2 is 1.79 bits per heavy atom. The molecule has 5 heterocycles. The minimum absolute atomic E-state index is 0.482. The van der Waals surface area contributed by atoms with Crippen molar-refractivity contribution in [3.05, 3.63) is 42.4 Å². The van der Waals surface area contributed by atoms with Crippen molar-refractivity contribution in [2.75, 3.05) is 49.2 Å². The van der Waals surface area contributed by atoms with E-state index in [0.29, 0.717) is 5.92 Å². The summed E-state index contributed by atoms with van der Waals surface area (Å²) in [5, 5.41) is 1.06. The Hall–Kier alpha value is -2.87. The fourth-order valence-corrected chi connectivity index (χ4v) is 4.22. The standard InChI is InChI=1S/C21H25N7O/c1-15-25-19-13-22-5-2-17(19)21(26-15)28-8-6-27(7-9-28)20-12-18(23-14-24-20)16-3-10-29-11-4-16/h2,5,12-14,16H,3-4,6-11H2,1H3. The van der Waals surface area contributed by atoms with Gasteiger partial charge in [-0.15, -0.1) is 0 Å². The molecular formula is C21H25N7O. The molecule has 0 unspecified atom stereocenters. The first-order chi connectivity index (χ1) is 14.3. The lowest BCUT2D eigenvalue weighted by atomic mass is 9.96. The van der Waals surface area contributed by atoms with Gasteiger partial charge in [0, 0.05) is 68.7 Å². The summed E-state index contributed by atoms with van der Waals surface area (Å²) in [4.78, 5) is 27.2. The second-order valence-electron chi connectivity index (χ2n) is 7.65. The van der Waals surface area contributed by atoms with E-state index in [0.717, 1.165) is 86.3 Å². The van der Waals surface area contributed by atoms with E-state index in [1.807, 2.05) is 19.2 Å². The summed E-state index contributed by atoms with van der Waals surface area (Å²) in [5.74, 6) is 3.28. The van der Waals surface area contributed by atoms with E-state index < -0.39 is 0 Å². The zero-order chi connectivity index (χ0) is 19.6. The average molecular weight is 391 g/mol. The van der Waals surface area contributed by atoms with Gasteiger partial charge < -0.3 is 14.5 Å². The van der Waals surface area contributed by atoms with Gasteiger partial charge in [0.25, 0.3) is 0 Å². The lowest BCUT2D eigenvalue weighted by Gasteiger charge is -2.36. The lowest BCUT2D eigenvalue weighted by Crippen LogP contribution is -2.47. The maximum atomic E-state index is 5.49. The van der Waals surface area contributed by atoms with Crippen molar-refractivity contribution >= 4 is 22.5 Å². The van der Waals surface area contributed by atoms with Crippen LogP contribution in [0, 0.1) is 6.92 Å². The molecule has 0 aliphatic carbocycles. The first kappa shape index (κ1) is 18.2. The molecule has 0 bridgehead atoms. The molecule has 2 fully saturated rings. The van der Waals surface area contributed by atoms with Crippen LogP contribution in [0.3, 0.4) is 0 Å². The van der Waals surface area contributed by atoms with Gasteiger partial charge in [0.1, 0.15) is 23.8 Å². The predicted octanol–water partition coefficient (Wildman–Crippen LogP) is 2.34. The summed E-state index contributed by atoms with van der Waals surface area (Å²) in [6, 6.07) is 4.17. The van der Waals surface area contributed by atoms with Gasteiger partial charge in [0.2, 0.25) is 0 Å². The molecule has 0 amide bonds. The molecular weight excluding hydrogens is 366 g/mol. The lowest BCUT2D eigenvalue weighted by molar-refractivity contribution is 0.0845. The third kappa shape index (κ3) is 3.72. The van der Waals surface area contributed by atoms with Gasteiger partial charge in [-0.2, -0.15) is 0 Å². The number of ether oxygens (including phenoxy) is 1. The number of piperazine rings is 1. The number of fused-ring (bicyclic) bond motifs is 1. The second-order valence-corrected chi connectivity index (χ2v) is 7.65. The Bertz CT molecular complexity index is 997. The molecule has 3 aromatic rings. The predicted molar refractivity (Wildman–Crippen MR) is 111 cm³/mol. The Morgan fingerprint density at radius 1 is 1.00 bits per heavy atom. The van der Waals surface area contributed by atoms with E-state index in [2.05, 4.69) is 35.8 Å². The van der Waals surface area contributed by atoms with E-state index in [1.165, 1.54) is 0 Å². The number of anilines is 2. The molecule has 0 saturated carbocycles. The molecule has 3 aromatic heterocycles. The van der Waals surface area contributed by atoms with Crippen molar-refractivity contribution in [3.63, 3.8) is 0 Å². The molecule has 8 nitrogen and oxygen atoms in total. The summed E-state index contributed by atoms with van der Waals surface area (Å²) in [5.41, 5.74) is 2.04. The van der Waals surface area contributed by atoms with Crippen LogP contribution in [0.25, 0.3) is 10.9 Å². The molecule has 2 aliphatic rings. The number of nitrogens with zero attached hydrogens (tertiary/aromatic N) is 7. The van der Waals surface area contributed by atoms with Crippen molar-refractivity contribution in [2.24, 2.45) is 0 Å². The van der Waals surface area contributed by atoms with Crippen LogP contribution in [0.4, 0.5) is 11.6 Å². The number of rotatable bonds is 3. The number of hydrogen-bond acceptors (Lipinski definition) is 8. The Balaban J connectivity index is 1.32. The van der Waals surface area contributed by atoms with E-state index in [-0.39, 0.29) is 0 Å². The smallest absolute Gasteiger partial charge is 0.140 e. The number of hydrogen-bond donors (Lipinski definition) is 0. The van der Waals surface area contributed by atoms with Gasteiger partial charge in [-0.1, -0.05) is 0 Å². The van der Waals surface area contributed by atoms with Crippen LogP contribution in [0.1, 0.15) is 30.3 Å². The van der Waals surface area contributed by atoms with E-state index in [9.17, 15) is 0 Å². The molecule has 0 N–H and O–H groups in total. The molecule has 0 atom stereocenters. The zero-order valence-corrected chi connectivity index (χ0v) is 16.7. The second kappa shape index (κ2) is 7.87. The maximum absolute atomic E-state index is 5.49. The van der Waals surface area contributed by atoms with Gasteiger partial charge in [-0.25, -0.2) is 19.9 Å².